The topological polar surface area (TPSA) is 102 Å². The van der Waals surface area contributed by atoms with Crippen molar-refractivity contribution in [3.8, 4) is 0 Å². The van der Waals surface area contributed by atoms with Gasteiger partial charge in [-0.05, 0) is 23.3 Å². The Hall–Kier alpha value is -2.75. The van der Waals surface area contributed by atoms with Crippen LogP contribution >= 0.6 is 11.6 Å². The molecule has 0 saturated carbocycles. The Morgan fingerprint density at radius 3 is 2.90 bits per heavy atom. The van der Waals surface area contributed by atoms with E-state index in [2.05, 4.69) is 20.0 Å². The second-order valence-corrected chi connectivity index (χ2v) is 7.58. The summed E-state index contributed by atoms with van der Waals surface area (Å²) >= 11 is 5.82. The smallest absolute Gasteiger partial charge is 0.372 e. The molecular formula is C20H20ClFN4O4. The molecule has 1 saturated heterocycles. The fourth-order valence-corrected chi connectivity index (χ4v) is 3.73. The summed E-state index contributed by atoms with van der Waals surface area (Å²) in [6, 6.07) is 7.78. The zero-order valence-corrected chi connectivity index (χ0v) is 16.7. The van der Waals surface area contributed by atoms with Gasteiger partial charge in [-0.2, -0.15) is 0 Å². The minimum atomic E-state index is -0.627. The molecule has 2 atom stereocenters. The van der Waals surface area contributed by atoms with E-state index >= 15 is 0 Å². The van der Waals surface area contributed by atoms with E-state index in [1.54, 1.807) is 22.9 Å². The first-order chi connectivity index (χ1) is 14.5. The van der Waals surface area contributed by atoms with E-state index in [-0.39, 0.29) is 16.5 Å². The normalized spacial score (nSPS) is 19.5. The molecule has 0 bridgehead atoms. The summed E-state index contributed by atoms with van der Waals surface area (Å²) in [5, 5.41) is 7.00. The lowest BCUT2D eigenvalue weighted by molar-refractivity contribution is 0.0248. The number of hydrogen-bond donors (Lipinski definition) is 2. The lowest BCUT2D eigenvalue weighted by Gasteiger charge is -2.26. The van der Waals surface area contributed by atoms with Crippen molar-refractivity contribution in [2.45, 2.75) is 19.1 Å². The van der Waals surface area contributed by atoms with Crippen molar-refractivity contribution in [2.24, 2.45) is 5.92 Å². The summed E-state index contributed by atoms with van der Waals surface area (Å²) in [4.78, 5) is 26.1. The maximum absolute atomic E-state index is 14.0. The second-order valence-electron chi connectivity index (χ2n) is 7.18. The van der Waals surface area contributed by atoms with Crippen molar-refractivity contribution in [1.29, 1.82) is 0 Å². The number of benzene rings is 1. The molecule has 2 unspecified atom stereocenters. The molecule has 8 nitrogen and oxygen atoms in total. The van der Waals surface area contributed by atoms with E-state index in [1.807, 2.05) is 0 Å². The molecule has 158 valence electrons. The van der Waals surface area contributed by atoms with Gasteiger partial charge < -0.3 is 14.6 Å². The van der Waals surface area contributed by atoms with Gasteiger partial charge in [0.1, 0.15) is 5.82 Å². The first-order valence-electron chi connectivity index (χ1n) is 9.51. The number of H-pyrrole nitrogens is 1. The maximum atomic E-state index is 14.0. The summed E-state index contributed by atoms with van der Waals surface area (Å²) in [5.74, 6) is -0.875. The molecular weight excluding hydrogens is 415 g/mol. The zero-order valence-electron chi connectivity index (χ0n) is 15.9. The van der Waals surface area contributed by atoms with Crippen LogP contribution in [0.25, 0.3) is 0 Å². The Morgan fingerprint density at radius 1 is 1.27 bits per heavy atom. The maximum Gasteiger partial charge on any atom is 0.438 e. The minimum absolute atomic E-state index is 0.0527. The van der Waals surface area contributed by atoms with Gasteiger partial charge in [0, 0.05) is 44.2 Å². The Bertz CT molecular complexity index is 1140. The van der Waals surface area contributed by atoms with Gasteiger partial charge in [0.25, 0.3) is 5.56 Å². The van der Waals surface area contributed by atoms with Crippen LogP contribution in [0.2, 0.25) is 5.02 Å². The molecule has 2 N–H and O–H groups in total. The Balaban J connectivity index is 1.59. The summed E-state index contributed by atoms with van der Waals surface area (Å²) in [6.45, 7) is 2.10. The van der Waals surface area contributed by atoms with Crippen molar-refractivity contribution in [3.05, 3.63) is 85.2 Å². The van der Waals surface area contributed by atoms with Gasteiger partial charge in [0.05, 0.1) is 17.7 Å². The summed E-state index contributed by atoms with van der Waals surface area (Å²) in [7, 11) is 0. The van der Waals surface area contributed by atoms with Gasteiger partial charge in [-0.3, -0.25) is 14.3 Å². The van der Waals surface area contributed by atoms with E-state index in [4.69, 9.17) is 16.3 Å². The average Bonchev–Trinajstić information content (AvgIpc) is 2.99. The fourth-order valence-electron chi connectivity index (χ4n) is 3.62. The standard InChI is InChI=1S/C20H20ClFN4O4/c21-15-3-2-13(8-16(15)22)19-14(9-23-5-6-29-19)11-26-10-12(1-4-18(26)27)7-17-24-20(28)30-25-17/h1-4,8,10,14,19,23H,5-7,9,11H2,(H,24,25,28). The molecule has 0 amide bonds. The van der Waals surface area contributed by atoms with Crippen LogP contribution in [0, 0.1) is 11.7 Å². The highest BCUT2D eigenvalue weighted by Crippen LogP contribution is 2.30. The molecule has 3 aromatic rings. The minimum Gasteiger partial charge on any atom is -0.372 e. The third-order valence-electron chi connectivity index (χ3n) is 5.02. The van der Waals surface area contributed by atoms with E-state index < -0.39 is 17.7 Å². The van der Waals surface area contributed by atoms with Crippen molar-refractivity contribution < 1.29 is 13.7 Å². The third kappa shape index (κ3) is 4.69. The van der Waals surface area contributed by atoms with Crippen LogP contribution < -0.4 is 16.6 Å². The largest absolute Gasteiger partial charge is 0.438 e. The van der Waals surface area contributed by atoms with E-state index in [0.29, 0.717) is 44.0 Å². The molecule has 1 aliphatic heterocycles. The first kappa shape index (κ1) is 20.5. The van der Waals surface area contributed by atoms with Crippen molar-refractivity contribution in [3.63, 3.8) is 0 Å². The van der Waals surface area contributed by atoms with Gasteiger partial charge in [0.15, 0.2) is 5.82 Å². The number of nitrogens with zero attached hydrogens (tertiary/aromatic N) is 2. The van der Waals surface area contributed by atoms with Gasteiger partial charge in [-0.1, -0.05) is 28.9 Å². The fraction of sp³-hybridized carbons (Fsp3) is 0.350. The van der Waals surface area contributed by atoms with E-state index in [0.717, 1.165) is 5.56 Å². The zero-order chi connectivity index (χ0) is 21.1. The Kier molecular flexibility index (Phi) is 6.12. The second kappa shape index (κ2) is 8.95. The van der Waals surface area contributed by atoms with E-state index in [1.165, 1.54) is 18.2 Å². The van der Waals surface area contributed by atoms with Crippen LogP contribution in [-0.4, -0.2) is 34.4 Å². The highest BCUT2D eigenvalue weighted by Gasteiger charge is 2.27. The van der Waals surface area contributed by atoms with Gasteiger partial charge in [-0.25, -0.2) is 9.18 Å². The molecule has 4 rings (SSSR count). The highest BCUT2D eigenvalue weighted by atomic mass is 35.5. The van der Waals surface area contributed by atoms with Gasteiger partial charge >= 0.3 is 5.76 Å². The number of hydrogen-bond acceptors (Lipinski definition) is 6. The molecule has 30 heavy (non-hydrogen) atoms. The SMILES string of the molecule is O=c1[nH]c(Cc2ccc(=O)n(CC3CNCCOC3c3ccc(Cl)c(F)c3)c2)no1. The van der Waals surface area contributed by atoms with E-state index in [9.17, 15) is 14.0 Å². The molecule has 1 fully saturated rings. The quantitative estimate of drug-likeness (QED) is 0.635. The highest BCUT2D eigenvalue weighted by molar-refractivity contribution is 6.30. The van der Waals surface area contributed by atoms with Crippen LogP contribution in [0.5, 0.6) is 0 Å². The number of aromatic nitrogens is 3. The number of rotatable bonds is 5. The van der Waals surface area contributed by atoms with Crippen LogP contribution in [-0.2, 0) is 17.7 Å². The molecule has 1 aromatic carbocycles. The molecule has 1 aliphatic rings. The monoisotopic (exact) mass is 434 g/mol. The van der Waals surface area contributed by atoms with Crippen molar-refractivity contribution in [1.82, 2.24) is 20.0 Å². The number of nitrogens with one attached hydrogen (secondary N) is 2. The summed E-state index contributed by atoms with van der Waals surface area (Å²) in [5.41, 5.74) is 1.29. The summed E-state index contributed by atoms with van der Waals surface area (Å²) in [6.07, 6.45) is 1.64. The number of aromatic amines is 1. The van der Waals surface area contributed by atoms with Crippen LogP contribution in [0.4, 0.5) is 4.39 Å². The molecule has 0 spiro atoms. The number of pyridine rings is 1. The Morgan fingerprint density at radius 2 is 2.13 bits per heavy atom. The average molecular weight is 435 g/mol. The molecule has 0 radical (unpaired) electrons. The molecule has 2 aromatic heterocycles. The number of ether oxygens (including phenoxy) is 1. The predicted octanol–water partition coefficient (Wildman–Crippen LogP) is 1.89. The van der Waals surface area contributed by atoms with Crippen LogP contribution in [0.3, 0.4) is 0 Å². The number of halogens is 2. The predicted molar refractivity (Wildman–Crippen MR) is 107 cm³/mol. The van der Waals surface area contributed by atoms with Crippen LogP contribution in [0.15, 0.2) is 50.6 Å². The first-order valence-corrected chi connectivity index (χ1v) is 9.89. The molecule has 3 heterocycles. The van der Waals surface area contributed by atoms with Gasteiger partial charge in [0.2, 0.25) is 0 Å². The van der Waals surface area contributed by atoms with Gasteiger partial charge in [-0.15, -0.1) is 0 Å². The molecule has 10 heteroatoms. The lowest BCUT2D eigenvalue weighted by Crippen LogP contribution is -2.32. The van der Waals surface area contributed by atoms with Crippen LogP contribution in [0.1, 0.15) is 23.1 Å². The summed E-state index contributed by atoms with van der Waals surface area (Å²) < 4.78 is 26.1. The van der Waals surface area contributed by atoms with Crippen molar-refractivity contribution in [2.75, 3.05) is 19.7 Å². The molecule has 0 aliphatic carbocycles. The lowest BCUT2D eigenvalue weighted by atomic mass is 9.95. The van der Waals surface area contributed by atoms with Crippen molar-refractivity contribution >= 4 is 11.6 Å². The Labute approximate surface area is 175 Å². The third-order valence-corrected chi connectivity index (χ3v) is 5.32.